The maximum Gasteiger partial charge on any atom is 0.337 e. The molecule has 0 atom stereocenters. The van der Waals surface area contributed by atoms with Gasteiger partial charge in [-0.1, -0.05) is 31.4 Å². The minimum Gasteiger partial charge on any atom is -0.465 e. The van der Waals surface area contributed by atoms with E-state index in [1.165, 1.54) is 7.11 Å². The molecule has 0 heterocycles. The van der Waals surface area contributed by atoms with Crippen LogP contribution in [0.5, 0.6) is 0 Å². The number of hydrogen-bond donors (Lipinski definition) is 0. The van der Waals surface area contributed by atoms with E-state index in [-0.39, 0.29) is 11.9 Å². The molecule has 23 heavy (non-hydrogen) atoms. The highest BCUT2D eigenvalue weighted by atomic mass is 16.6. The zero-order chi connectivity index (χ0) is 17.1. The summed E-state index contributed by atoms with van der Waals surface area (Å²) in [5, 5.41) is 0. The van der Waals surface area contributed by atoms with Crippen LogP contribution in [0.3, 0.4) is 0 Å². The van der Waals surface area contributed by atoms with Gasteiger partial charge >= 0.3 is 11.9 Å². The Morgan fingerprint density at radius 1 is 1.00 bits per heavy atom. The van der Waals surface area contributed by atoms with Crippen molar-refractivity contribution >= 4 is 11.9 Å². The minimum atomic E-state index is -0.597. The molecule has 1 saturated carbocycles. The Kier molecular flexibility index (Phi) is 5.12. The lowest BCUT2D eigenvalue weighted by Gasteiger charge is -2.37. The van der Waals surface area contributed by atoms with Crippen molar-refractivity contribution in [3.8, 4) is 0 Å². The molecular weight excluding hydrogens is 292 g/mol. The summed E-state index contributed by atoms with van der Waals surface area (Å²) in [7, 11) is 1.36. The number of hydrogen-bond acceptors (Lipinski definition) is 4. The van der Waals surface area contributed by atoms with Gasteiger partial charge in [0.1, 0.15) is 5.60 Å². The third-order valence-corrected chi connectivity index (χ3v) is 4.36. The van der Waals surface area contributed by atoms with Crippen LogP contribution in [0.1, 0.15) is 68.8 Å². The predicted octanol–water partition coefficient (Wildman–Crippen LogP) is 4.02. The van der Waals surface area contributed by atoms with Gasteiger partial charge < -0.3 is 9.47 Å². The van der Waals surface area contributed by atoms with Gasteiger partial charge in [0.15, 0.2) is 0 Å². The zero-order valence-electron chi connectivity index (χ0n) is 14.5. The number of rotatable bonds is 3. The van der Waals surface area contributed by atoms with Crippen LogP contribution >= 0.6 is 0 Å². The van der Waals surface area contributed by atoms with Crippen LogP contribution in [0.2, 0.25) is 0 Å². The Morgan fingerprint density at radius 2 is 1.57 bits per heavy atom. The lowest BCUT2D eigenvalue weighted by Crippen LogP contribution is -2.42. The molecule has 0 amide bonds. The largest absolute Gasteiger partial charge is 0.465 e. The third-order valence-electron chi connectivity index (χ3n) is 4.36. The van der Waals surface area contributed by atoms with Crippen molar-refractivity contribution in [2.24, 2.45) is 0 Å². The standard InChI is InChI=1S/C19H26O4/c1-18(2,3)23-17(21)19(12-6-5-7-13-19)15-10-8-14(9-11-15)16(20)22-4/h8-11H,5-7,12-13H2,1-4H3. The van der Waals surface area contributed by atoms with Gasteiger partial charge in [0, 0.05) is 0 Å². The fraction of sp³-hybridized carbons (Fsp3) is 0.579. The predicted molar refractivity (Wildman–Crippen MR) is 88.4 cm³/mol. The Labute approximate surface area is 138 Å². The van der Waals surface area contributed by atoms with Crippen molar-refractivity contribution in [3.05, 3.63) is 35.4 Å². The molecule has 0 unspecified atom stereocenters. The normalized spacial score (nSPS) is 17.4. The summed E-state index contributed by atoms with van der Waals surface area (Å²) in [6.45, 7) is 5.67. The number of carbonyl (C=O) groups is 2. The van der Waals surface area contributed by atoms with Crippen molar-refractivity contribution in [3.63, 3.8) is 0 Å². The molecule has 1 aliphatic rings. The Balaban J connectivity index is 2.34. The van der Waals surface area contributed by atoms with Crippen LogP contribution in [0.15, 0.2) is 24.3 Å². The van der Waals surface area contributed by atoms with E-state index in [1.54, 1.807) is 12.1 Å². The highest BCUT2D eigenvalue weighted by molar-refractivity contribution is 5.90. The second kappa shape index (κ2) is 6.73. The second-order valence-electron chi connectivity index (χ2n) is 7.21. The second-order valence-corrected chi connectivity index (χ2v) is 7.21. The molecule has 0 aliphatic heterocycles. The molecule has 1 aliphatic carbocycles. The van der Waals surface area contributed by atoms with E-state index in [9.17, 15) is 9.59 Å². The molecule has 2 rings (SSSR count). The van der Waals surface area contributed by atoms with Gasteiger partial charge in [-0.15, -0.1) is 0 Å². The Bertz CT molecular complexity index is 560. The summed E-state index contributed by atoms with van der Waals surface area (Å²) in [5.41, 5.74) is 0.318. The summed E-state index contributed by atoms with van der Waals surface area (Å²) in [4.78, 5) is 24.5. The van der Waals surface area contributed by atoms with Gasteiger partial charge in [0.25, 0.3) is 0 Å². The molecule has 0 bridgehead atoms. The molecule has 0 saturated heterocycles. The van der Waals surface area contributed by atoms with Gasteiger partial charge in [-0.05, 0) is 51.3 Å². The lowest BCUT2D eigenvalue weighted by molar-refractivity contribution is -0.163. The van der Waals surface area contributed by atoms with Crippen molar-refractivity contribution in [1.82, 2.24) is 0 Å². The SMILES string of the molecule is COC(=O)c1ccc(C2(C(=O)OC(C)(C)C)CCCCC2)cc1. The average Bonchev–Trinajstić information content (AvgIpc) is 2.53. The number of methoxy groups -OCH3 is 1. The summed E-state index contributed by atoms with van der Waals surface area (Å²) >= 11 is 0. The number of carbonyl (C=O) groups excluding carboxylic acids is 2. The van der Waals surface area contributed by atoms with Crippen molar-refractivity contribution in [1.29, 1.82) is 0 Å². The van der Waals surface area contributed by atoms with Gasteiger partial charge in [0.05, 0.1) is 18.1 Å². The van der Waals surface area contributed by atoms with Crippen molar-refractivity contribution < 1.29 is 19.1 Å². The van der Waals surface area contributed by atoms with E-state index in [4.69, 9.17) is 9.47 Å². The summed E-state index contributed by atoms with van der Waals surface area (Å²) in [6.07, 6.45) is 4.75. The Hall–Kier alpha value is -1.84. The molecule has 1 fully saturated rings. The summed E-state index contributed by atoms with van der Waals surface area (Å²) in [5.74, 6) is -0.526. The minimum absolute atomic E-state index is 0.157. The topological polar surface area (TPSA) is 52.6 Å². The molecule has 0 N–H and O–H groups in total. The maximum atomic E-state index is 12.9. The summed E-state index contributed by atoms with van der Waals surface area (Å²) in [6, 6.07) is 7.17. The quantitative estimate of drug-likeness (QED) is 0.790. The van der Waals surface area contributed by atoms with Crippen LogP contribution in [-0.4, -0.2) is 24.6 Å². The van der Waals surface area contributed by atoms with E-state index in [2.05, 4.69) is 0 Å². The molecule has 4 heteroatoms. The highest BCUT2D eigenvalue weighted by Gasteiger charge is 2.44. The number of esters is 2. The van der Waals surface area contributed by atoms with Gasteiger partial charge in [-0.3, -0.25) is 4.79 Å². The van der Waals surface area contributed by atoms with Crippen LogP contribution in [0.4, 0.5) is 0 Å². The van der Waals surface area contributed by atoms with Gasteiger partial charge in [0.2, 0.25) is 0 Å². The fourth-order valence-electron chi connectivity index (χ4n) is 3.18. The van der Waals surface area contributed by atoms with Gasteiger partial charge in [-0.25, -0.2) is 4.79 Å². The Morgan fingerprint density at radius 3 is 2.04 bits per heavy atom. The van der Waals surface area contributed by atoms with Crippen molar-refractivity contribution in [2.75, 3.05) is 7.11 Å². The molecule has 1 aromatic carbocycles. The molecule has 126 valence electrons. The number of ether oxygens (including phenoxy) is 2. The first-order valence-electron chi connectivity index (χ1n) is 8.21. The zero-order valence-corrected chi connectivity index (χ0v) is 14.5. The van der Waals surface area contributed by atoms with Crippen LogP contribution in [0, 0.1) is 0 Å². The van der Waals surface area contributed by atoms with Crippen LogP contribution < -0.4 is 0 Å². The van der Waals surface area contributed by atoms with Crippen LogP contribution in [-0.2, 0) is 19.7 Å². The fourth-order valence-corrected chi connectivity index (χ4v) is 3.18. The molecular formula is C19H26O4. The van der Waals surface area contributed by atoms with E-state index in [0.29, 0.717) is 5.56 Å². The molecule has 4 nitrogen and oxygen atoms in total. The molecule has 0 aromatic heterocycles. The number of benzene rings is 1. The molecule has 0 spiro atoms. The molecule has 1 aromatic rings. The van der Waals surface area contributed by atoms with E-state index in [1.807, 2.05) is 32.9 Å². The van der Waals surface area contributed by atoms with E-state index in [0.717, 1.165) is 37.7 Å². The monoisotopic (exact) mass is 318 g/mol. The smallest absolute Gasteiger partial charge is 0.337 e. The summed E-state index contributed by atoms with van der Waals surface area (Å²) < 4.78 is 10.4. The van der Waals surface area contributed by atoms with Crippen LogP contribution in [0.25, 0.3) is 0 Å². The third kappa shape index (κ3) is 3.92. The first-order valence-corrected chi connectivity index (χ1v) is 8.21. The first kappa shape index (κ1) is 17.5. The maximum absolute atomic E-state index is 12.9. The first-order chi connectivity index (χ1) is 10.8. The average molecular weight is 318 g/mol. The van der Waals surface area contributed by atoms with E-state index < -0.39 is 11.0 Å². The highest BCUT2D eigenvalue weighted by Crippen LogP contribution is 2.41. The van der Waals surface area contributed by atoms with Gasteiger partial charge in [-0.2, -0.15) is 0 Å². The van der Waals surface area contributed by atoms with Crippen molar-refractivity contribution in [2.45, 2.75) is 63.9 Å². The van der Waals surface area contributed by atoms with E-state index >= 15 is 0 Å². The lowest BCUT2D eigenvalue weighted by atomic mass is 9.69. The molecule has 0 radical (unpaired) electrons.